The van der Waals surface area contributed by atoms with Gasteiger partial charge < -0.3 is 0 Å². The zero-order chi connectivity index (χ0) is 32.0. The van der Waals surface area contributed by atoms with Crippen LogP contribution >= 0.6 is 0 Å². The van der Waals surface area contributed by atoms with Crippen LogP contribution in [0.1, 0.15) is 86.1 Å². The summed E-state index contributed by atoms with van der Waals surface area (Å²) in [5.41, 5.74) is 24.6. The smallest absolute Gasteiger partial charge is 0.0622 e. The van der Waals surface area contributed by atoms with Gasteiger partial charge in [0.15, 0.2) is 0 Å². The maximum Gasteiger partial charge on any atom is 0.243 e. The van der Waals surface area contributed by atoms with Gasteiger partial charge in [-0.3, -0.25) is 0 Å². The van der Waals surface area contributed by atoms with Gasteiger partial charge >= 0.3 is 0 Å². The minimum Gasteiger partial charge on any atom is -0.0622 e. The first kappa shape index (κ1) is 27.5. The van der Waals surface area contributed by atoms with E-state index >= 15 is 0 Å². The van der Waals surface area contributed by atoms with Crippen LogP contribution in [-0.2, 0) is 22.7 Å². The SMILES string of the molecule is CC1(C)c2cccc3c2B2c4c1cccc4C(C)(C)c1cc(-c4cccc5c4Cc4c(-c6ccccc6)cccc4-5)cc(c12)C3(C)C. The Labute approximate surface area is 279 Å². The summed E-state index contributed by atoms with van der Waals surface area (Å²) < 4.78 is 0. The highest BCUT2D eigenvalue weighted by Crippen LogP contribution is 2.50. The number of fused-ring (bicyclic) bond motifs is 3. The van der Waals surface area contributed by atoms with E-state index in [4.69, 9.17) is 0 Å². The van der Waals surface area contributed by atoms with Gasteiger partial charge in [-0.25, -0.2) is 0 Å². The molecule has 0 spiro atoms. The molecular weight excluding hydrogens is 563 g/mol. The van der Waals surface area contributed by atoms with Gasteiger partial charge in [-0.05, 0) is 84.3 Å². The normalized spacial score (nSPS) is 17.5. The van der Waals surface area contributed by atoms with Gasteiger partial charge in [-0.2, -0.15) is 0 Å². The lowest BCUT2D eigenvalue weighted by molar-refractivity contribution is 0.599. The largest absolute Gasteiger partial charge is 0.243 e. The molecule has 3 aliphatic heterocycles. The molecule has 0 radical (unpaired) electrons. The van der Waals surface area contributed by atoms with Crippen LogP contribution < -0.4 is 16.4 Å². The van der Waals surface area contributed by atoms with Crippen molar-refractivity contribution in [1.82, 2.24) is 0 Å². The molecule has 47 heavy (non-hydrogen) atoms. The third kappa shape index (κ3) is 3.30. The molecule has 0 fully saturated rings. The molecule has 0 amide bonds. The molecule has 0 saturated heterocycles. The van der Waals surface area contributed by atoms with E-state index in [1.807, 2.05) is 0 Å². The number of hydrogen-bond donors (Lipinski definition) is 0. The fraction of sp³-hybridized carbons (Fsp3) is 0.217. The number of rotatable bonds is 2. The average Bonchev–Trinajstić information content (AvgIpc) is 3.47. The van der Waals surface area contributed by atoms with E-state index in [0.717, 1.165) is 6.42 Å². The van der Waals surface area contributed by atoms with Crippen molar-refractivity contribution in [1.29, 1.82) is 0 Å². The van der Waals surface area contributed by atoms with Crippen LogP contribution in [0.3, 0.4) is 0 Å². The Hall–Kier alpha value is -4.62. The molecule has 0 unspecified atom stereocenters. The van der Waals surface area contributed by atoms with Crippen molar-refractivity contribution < 1.29 is 0 Å². The number of benzene rings is 6. The second kappa shape index (κ2) is 8.84. The van der Waals surface area contributed by atoms with Gasteiger partial charge in [0.1, 0.15) is 0 Å². The minimum absolute atomic E-state index is 0.0352. The second-order valence-corrected chi connectivity index (χ2v) is 16.0. The lowest BCUT2D eigenvalue weighted by Gasteiger charge is -2.52. The van der Waals surface area contributed by atoms with E-state index in [0.29, 0.717) is 6.71 Å². The molecular formula is C46H39B. The lowest BCUT2D eigenvalue weighted by atomic mass is 9.23. The highest BCUT2D eigenvalue weighted by molar-refractivity contribution is 6.98. The molecule has 226 valence electrons. The molecule has 4 aliphatic rings. The van der Waals surface area contributed by atoms with Crippen molar-refractivity contribution in [2.45, 2.75) is 64.2 Å². The molecule has 0 aromatic heterocycles. The number of hydrogen-bond acceptors (Lipinski definition) is 0. The monoisotopic (exact) mass is 602 g/mol. The van der Waals surface area contributed by atoms with Gasteiger partial charge in [-0.15, -0.1) is 0 Å². The summed E-state index contributed by atoms with van der Waals surface area (Å²) in [6.45, 7) is 15.1. The summed E-state index contributed by atoms with van der Waals surface area (Å²) in [6, 6.07) is 44.3. The van der Waals surface area contributed by atoms with Gasteiger partial charge in [0.2, 0.25) is 6.71 Å². The van der Waals surface area contributed by atoms with Crippen LogP contribution in [0.5, 0.6) is 0 Å². The Kier molecular flexibility index (Phi) is 5.17. The fourth-order valence-electron chi connectivity index (χ4n) is 10.3. The molecule has 0 N–H and O–H groups in total. The van der Waals surface area contributed by atoms with E-state index in [1.54, 1.807) is 16.4 Å². The molecule has 0 saturated carbocycles. The van der Waals surface area contributed by atoms with E-state index in [-0.39, 0.29) is 16.2 Å². The molecule has 6 aromatic carbocycles. The Morgan fingerprint density at radius 3 is 1.26 bits per heavy atom. The first-order valence-electron chi connectivity index (χ1n) is 17.4. The third-order valence-electron chi connectivity index (χ3n) is 12.7. The first-order chi connectivity index (χ1) is 22.6. The first-order valence-corrected chi connectivity index (χ1v) is 17.4. The summed E-state index contributed by atoms with van der Waals surface area (Å²) >= 11 is 0. The van der Waals surface area contributed by atoms with E-state index in [9.17, 15) is 0 Å². The van der Waals surface area contributed by atoms with Crippen molar-refractivity contribution >= 4 is 23.1 Å². The van der Waals surface area contributed by atoms with Gasteiger partial charge in [0.05, 0.1) is 0 Å². The van der Waals surface area contributed by atoms with Crippen LogP contribution in [0.25, 0.3) is 33.4 Å². The zero-order valence-corrected chi connectivity index (χ0v) is 28.3. The van der Waals surface area contributed by atoms with E-state index < -0.39 is 0 Å². The quantitative estimate of drug-likeness (QED) is 0.173. The van der Waals surface area contributed by atoms with Crippen molar-refractivity contribution in [3.8, 4) is 33.4 Å². The maximum absolute atomic E-state index is 2.59. The lowest BCUT2D eigenvalue weighted by Crippen LogP contribution is -2.71. The molecule has 1 heteroatoms. The Morgan fingerprint density at radius 1 is 0.383 bits per heavy atom. The molecule has 3 heterocycles. The predicted octanol–water partition coefficient (Wildman–Crippen LogP) is 9.03. The van der Waals surface area contributed by atoms with Crippen LogP contribution in [0.15, 0.2) is 115 Å². The van der Waals surface area contributed by atoms with Crippen LogP contribution in [0.2, 0.25) is 0 Å². The van der Waals surface area contributed by atoms with Crippen LogP contribution in [-0.4, -0.2) is 6.71 Å². The van der Waals surface area contributed by atoms with Crippen molar-refractivity contribution in [2.75, 3.05) is 0 Å². The Bertz CT molecular complexity index is 2260. The summed E-state index contributed by atoms with van der Waals surface area (Å²) in [5, 5.41) is 0. The second-order valence-electron chi connectivity index (χ2n) is 16.0. The Balaban J connectivity index is 1.24. The maximum atomic E-state index is 2.59. The molecule has 6 aromatic rings. The zero-order valence-electron chi connectivity index (χ0n) is 28.3. The standard InChI is InChI=1S/C46H39B/c1-44(2)35-20-12-22-37-41(35)47-42-36(44)21-13-23-38(42)46(5,6)40-25-28(24-39(43(40)47)45(37,3)4)30-17-11-19-32-31-18-10-16-29(33(31)26-34(30)32)27-14-8-7-9-15-27/h7-25H,26H2,1-6H3. The predicted molar refractivity (Wildman–Crippen MR) is 199 cm³/mol. The minimum atomic E-state index is -0.112. The fourth-order valence-corrected chi connectivity index (χ4v) is 10.3. The topological polar surface area (TPSA) is 0 Å². The Morgan fingerprint density at radius 2 is 0.766 bits per heavy atom. The molecule has 10 rings (SSSR count). The van der Waals surface area contributed by atoms with Crippen molar-refractivity contribution in [2.24, 2.45) is 0 Å². The highest BCUT2D eigenvalue weighted by Gasteiger charge is 2.54. The third-order valence-corrected chi connectivity index (χ3v) is 12.7. The van der Waals surface area contributed by atoms with Crippen molar-refractivity contribution in [3.63, 3.8) is 0 Å². The summed E-state index contributed by atoms with van der Waals surface area (Å²) in [4.78, 5) is 0. The van der Waals surface area contributed by atoms with E-state index in [1.165, 1.54) is 77.9 Å². The summed E-state index contributed by atoms with van der Waals surface area (Å²) in [7, 11) is 0. The summed E-state index contributed by atoms with van der Waals surface area (Å²) in [6.07, 6.45) is 0.960. The van der Waals surface area contributed by atoms with Gasteiger partial charge in [-0.1, -0.05) is 173 Å². The van der Waals surface area contributed by atoms with Gasteiger partial charge in [0, 0.05) is 16.2 Å². The summed E-state index contributed by atoms with van der Waals surface area (Å²) in [5.74, 6) is 0. The highest BCUT2D eigenvalue weighted by atomic mass is 14.5. The van der Waals surface area contributed by atoms with Crippen molar-refractivity contribution in [3.05, 3.63) is 160 Å². The molecule has 0 nitrogen and oxygen atoms in total. The van der Waals surface area contributed by atoms with Crippen LogP contribution in [0, 0.1) is 0 Å². The van der Waals surface area contributed by atoms with E-state index in [2.05, 4.69) is 157 Å². The van der Waals surface area contributed by atoms with Crippen LogP contribution in [0.4, 0.5) is 0 Å². The molecule has 0 bridgehead atoms. The average molecular weight is 603 g/mol. The molecule has 1 aliphatic carbocycles. The van der Waals surface area contributed by atoms with Gasteiger partial charge in [0.25, 0.3) is 0 Å². The molecule has 0 atom stereocenters.